The van der Waals surface area contributed by atoms with E-state index in [1.54, 1.807) is 0 Å². The zero-order chi connectivity index (χ0) is 17.6. The number of hydrogen-bond acceptors (Lipinski definition) is 4. The monoisotopic (exact) mass is 355 g/mol. The number of ether oxygens (including phenoxy) is 1. The van der Waals surface area contributed by atoms with Crippen LogP contribution in [0.3, 0.4) is 0 Å². The first-order valence-corrected chi connectivity index (χ1v) is 10.1. The minimum atomic E-state index is -3.49. The molecule has 2 rings (SSSR count). The second kappa shape index (κ2) is 8.92. The fraction of sp³-hybridized carbons (Fsp3) is 0.647. The molecule has 1 heterocycles. The van der Waals surface area contributed by atoms with Crippen LogP contribution in [0.2, 0.25) is 0 Å². The molecule has 1 aliphatic heterocycles. The number of nitrogens with one attached hydrogen (secondary N) is 2. The molecule has 0 radical (unpaired) electrons. The summed E-state index contributed by atoms with van der Waals surface area (Å²) in [7, 11) is -3.49. The van der Waals surface area contributed by atoms with Crippen LogP contribution in [0.4, 0.5) is 0 Å². The van der Waals surface area contributed by atoms with Crippen molar-refractivity contribution in [3.05, 3.63) is 35.4 Å². The molecule has 0 aromatic heterocycles. The van der Waals surface area contributed by atoms with Gasteiger partial charge in [0.15, 0.2) is 0 Å². The second-order valence-electron chi connectivity index (χ2n) is 6.38. The van der Waals surface area contributed by atoms with Gasteiger partial charge in [0.05, 0.1) is 13.2 Å². The molecule has 0 aliphatic carbocycles. The molecule has 0 saturated carbocycles. The molecule has 0 bridgehead atoms. The minimum Gasteiger partial charge on any atom is -0.379 e. The number of morpholine rings is 1. The lowest BCUT2D eigenvalue weighted by Gasteiger charge is -2.35. The summed E-state index contributed by atoms with van der Waals surface area (Å²) in [4.78, 5) is 2.28. The smallest absolute Gasteiger partial charge is 0.277 e. The predicted molar refractivity (Wildman–Crippen MR) is 96.1 cm³/mol. The van der Waals surface area contributed by atoms with E-state index in [1.165, 1.54) is 5.56 Å². The number of benzene rings is 1. The van der Waals surface area contributed by atoms with Crippen LogP contribution in [0.5, 0.6) is 0 Å². The van der Waals surface area contributed by atoms with E-state index in [1.807, 2.05) is 13.8 Å². The van der Waals surface area contributed by atoms with Gasteiger partial charge < -0.3 is 4.74 Å². The maximum absolute atomic E-state index is 12.1. The molecule has 6 nitrogen and oxygen atoms in total. The topological polar surface area (TPSA) is 70.7 Å². The van der Waals surface area contributed by atoms with Crippen molar-refractivity contribution in [2.75, 3.05) is 32.8 Å². The minimum absolute atomic E-state index is 0.00328. The average molecular weight is 356 g/mol. The highest BCUT2D eigenvalue weighted by Gasteiger charge is 2.24. The predicted octanol–water partition coefficient (Wildman–Crippen LogP) is 1.45. The molecule has 1 atom stereocenters. The van der Waals surface area contributed by atoms with Crippen molar-refractivity contribution in [1.29, 1.82) is 0 Å². The van der Waals surface area contributed by atoms with Crippen LogP contribution in [0.15, 0.2) is 24.3 Å². The standard InChI is InChI=1S/C17H29N3O3S/c1-4-15-5-7-16(8-6-15)17(20-9-11-23-12-10-20)13-18-24(21,22)19-14(2)3/h5-8,14,17-19H,4,9-13H2,1-3H3. The van der Waals surface area contributed by atoms with Gasteiger partial charge in [0, 0.05) is 31.7 Å². The average Bonchev–Trinajstić information content (AvgIpc) is 2.55. The summed E-state index contributed by atoms with van der Waals surface area (Å²) in [6.45, 7) is 9.05. The third-order valence-electron chi connectivity index (χ3n) is 4.12. The van der Waals surface area contributed by atoms with Gasteiger partial charge in [0.2, 0.25) is 0 Å². The molecule has 1 saturated heterocycles. The van der Waals surface area contributed by atoms with Gasteiger partial charge in [0.1, 0.15) is 0 Å². The summed E-state index contributed by atoms with van der Waals surface area (Å²) in [5, 5.41) is 0. The van der Waals surface area contributed by atoms with Crippen LogP contribution < -0.4 is 9.44 Å². The third-order valence-corrected chi connectivity index (χ3v) is 5.45. The molecule has 1 aromatic carbocycles. The molecule has 24 heavy (non-hydrogen) atoms. The molecule has 0 amide bonds. The first-order chi connectivity index (χ1) is 11.4. The van der Waals surface area contributed by atoms with Crippen molar-refractivity contribution in [1.82, 2.24) is 14.3 Å². The van der Waals surface area contributed by atoms with Crippen molar-refractivity contribution in [3.8, 4) is 0 Å². The van der Waals surface area contributed by atoms with Crippen LogP contribution in [-0.4, -0.2) is 52.2 Å². The van der Waals surface area contributed by atoms with E-state index in [4.69, 9.17) is 4.74 Å². The molecule has 1 aromatic rings. The molecular formula is C17H29N3O3S. The molecule has 1 aliphatic rings. The molecule has 7 heteroatoms. The largest absolute Gasteiger partial charge is 0.379 e. The Labute approximate surface area is 145 Å². The summed E-state index contributed by atoms with van der Waals surface area (Å²) >= 11 is 0. The summed E-state index contributed by atoms with van der Waals surface area (Å²) in [5.74, 6) is 0. The van der Waals surface area contributed by atoms with Crippen LogP contribution in [0, 0.1) is 0 Å². The van der Waals surface area contributed by atoms with Gasteiger partial charge in [0.25, 0.3) is 10.2 Å². The van der Waals surface area contributed by atoms with E-state index in [0.29, 0.717) is 19.8 Å². The van der Waals surface area contributed by atoms with Crippen molar-refractivity contribution in [2.24, 2.45) is 0 Å². The van der Waals surface area contributed by atoms with Crippen LogP contribution in [0.1, 0.15) is 37.9 Å². The molecule has 1 unspecified atom stereocenters. The lowest BCUT2D eigenvalue weighted by molar-refractivity contribution is 0.0172. The lowest BCUT2D eigenvalue weighted by Crippen LogP contribution is -2.47. The van der Waals surface area contributed by atoms with Gasteiger partial charge in [-0.1, -0.05) is 31.2 Å². The molecule has 0 spiro atoms. The summed E-state index contributed by atoms with van der Waals surface area (Å²) in [6, 6.07) is 8.30. The SMILES string of the molecule is CCc1ccc(C(CNS(=O)(=O)NC(C)C)N2CCOCC2)cc1. The Balaban J connectivity index is 2.13. The highest BCUT2D eigenvalue weighted by molar-refractivity contribution is 7.87. The number of rotatable bonds is 8. The van der Waals surface area contributed by atoms with Gasteiger partial charge in [-0.3, -0.25) is 4.90 Å². The fourth-order valence-corrected chi connectivity index (χ4v) is 3.94. The van der Waals surface area contributed by atoms with E-state index >= 15 is 0 Å². The van der Waals surface area contributed by atoms with Gasteiger partial charge in [-0.05, 0) is 31.4 Å². The third kappa shape index (κ3) is 5.82. The van der Waals surface area contributed by atoms with Gasteiger partial charge in [-0.25, -0.2) is 4.72 Å². The van der Waals surface area contributed by atoms with Gasteiger partial charge >= 0.3 is 0 Å². The van der Waals surface area contributed by atoms with E-state index in [2.05, 4.69) is 45.5 Å². The van der Waals surface area contributed by atoms with Crippen LogP contribution in [0.25, 0.3) is 0 Å². The normalized spacial score (nSPS) is 18.0. The zero-order valence-corrected chi connectivity index (χ0v) is 15.6. The van der Waals surface area contributed by atoms with Crippen LogP contribution >= 0.6 is 0 Å². The highest BCUT2D eigenvalue weighted by Crippen LogP contribution is 2.22. The first kappa shape index (κ1) is 19.3. The van der Waals surface area contributed by atoms with E-state index in [-0.39, 0.29) is 12.1 Å². The number of nitrogens with zero attached hydrogens (tertiary/aromatic N) is 1. The molecule has 2 N–H and O–H groups in total. The maximum Gasteiger partial charge on any atom is 0.277 e. The zero-order valence-electron chi connectivity index (χ0n) is 14.8. The Morgan fingerprint density at radius 1 is 1.17 bits per heavy atom. The fourth-order valence-electron chi connectivity index (χ4n) is 2.86. The summed E-state index contributed by atoms with van der Waals surface area (Å²) in [6.07, 6.45) is 0.993. The van der Waals surface area contributed by atoms with Gasteiger partial charge in [-0.15, -0.1) is 0 Å². The first-order valence-electron chi connectivity index (χ1n) is 8.59. The quantitative estimate of drug-likeness (QED) is 0.741. The van der Waals surface area contributed by atoms with E-state index < -0.39 is 10.2 Å². The number of hydrogen-bond donors (Lipinski definition) is 2. The van der Waals surface area contributed by atoms with Crippen molar-refractivity contribution in [2.45, 2.75) is 39.3 Å². The summed E-state index contributed by atoms with van der Waals surface area (Å²) in [5.41, 5.74) is 2.41. The Morgan fingerprint density at radius 3 is 2.33 bits per heavy atom. The van der Waals surface area contributed by atoms with E-state index in [9.17, 15) is 8.42 Å². The molecule has 1 fully saturated rings. The van der Waals surface area contributed by atoms with Crippen LogP contribution in [-0.2, 0) is 21.4 Å². The molecular weight excluding hydrogens is 326 g/mol. The second-order valence-corrected chi connectivity index (χ2v) is 7.91. The summed E-state index contributed by atoms with van der Waals surface area (Å²) < 4.78 is 34.9. The molecule has 136 valence electrons. The Bertz CT molecular complexity index is 596. The Morgan fingerprint density at radius 2 is 1.79 bits per heavy atom. The Hall–Kier alpha value is -0.990. The van der Waals surface area contributed by atoms with E-state index in [0.717, 1.165) is 25.1 Å². The number of aryl methyl sites for hydroxylation is 1. The Kier molecular flexibility index (Phi) is 7.18. The van der Waals surface area contributed by atoms with Gasteiger partial charge in [-0.2, -0.15) is 13.1 Å². The lowest BCUT2D eigenvalue weighted by atomic mass is 10.0. The maximum atomic E-state index is 12.1. The van der Waals surface area contributed by atoms with Crippen molar-refractivity contribution < 1.29 is 13.2 Å². The van der Waals surface area contributed by atoms with Crippen molar-refractivity contribution >= 4 is 10.2 Å². The van der Waals surface area contributed by atoms with Crippen molar-refractivity contribution in [3.63, 3.8) is 0 Å². The highest BCUT2D eigenvalue weighted by atomic mass is 32.2.